The van der Waals surface area contributed by atoms with Crippen LogP contribution in [-0.4, -0.2) is 43.2 Å². The molecule has 1 aromatic heterocycles. The van der Waals surface area contributed by atoms with Crippen LogP contribution in [0.5, 0.6) is 5.75 Å². The van der Waals surface area contributed by atoms with Crippen LogP contribution in [0.2, 0.25) is 0 Å². The van der Waals surface area contributed by atoms with Gasteiger partial charge < -0.3 is 9.64 Å². The number of nitrogens with zero attached hydrogens (tertiary/aromatic N) is 3. The average molecular weight is 448 g/mol. The van der Waals surface area contributed by atoms with Gasteiger partial charge in [-0.1, -0.05) is 30.3 Å². The van der Waals surface area contributed by atoms with E-state index in [4.69, 9.17) is 9.72 Å². The molecule has 4 nitrogen and oxygen atoms in total. The minimum atomic E-state index is -4.38. The van der Waals surface area contributed by atoms with Gasteiger partial charge in [0.1, 0.15) is 10.8 Å². The number of benzene rings is 2. The fourth-order valence-corrected chi connectivity index (χ4v) is 4.62. The van der Waals surface area contributed by atoms with E-state index >= 15 is 0 Å². The molecular weight excluding hydrogens is 423 g/mol. The normalized spacial score (nSPS) is 15.7. The number of ether oxygens (including phenoxy) is 1. The lowest BCUT2D eigenvalue weighted by atomic mass is 10.1. The molecule has 0 bridgehead atoms. The highest BCUT2D eigenvalue weighted by Gasteiger charge is 2.32. The third-order valence-electron chi connectivity index (χ3n) is 5.39. The van der Waals surface area contributed by atoms with Gasteiger partial charge in [0, 0.05) is 43.7 Å². The molecule has 1 aliphatic heterocycles. The van der Waals surface area contributed by atoms with Crippen molar-refractivity contribution in [1.29, 1.82) is 0 Å². The van der Waals surface area contributed by atoms with Crippen molar-refractivity contribution >= 4 is 17.0 Å². The maximum Gasteiger partial charge on any atom is 0.416 e. The zero-order valence-corrected chi connectivity index (χ0v) is 18.0. The SMILES string of the molecule is COc1ccc(C(F)(F)F)cc1N1CCCN(Cc2csc(-c3ccccc3)n2)CC1. The van der Waals surface area contributed by atoms with E-state index in [9.17, 15) is 13.2 Å². The van der Waals surface area contributed by atoms with Gasteiger partial charge in [0.05, 0.1) is 24.1 Å². The summed E-state index contributed by atoms with van der Waals surface area (Å²) in [5, 5.41) is 3.08. The monoisotopic (exact) mass is 447 g/mol. The smallest absolute Gasteiger partial charge is 0.416 e. The van der Waals surface area contributed by atoms with Crippen LogP contribution < -0.4 is 9.64 Å². The molecule has 0 N–H and O–H groups in total. The Morgan fingerprint density at radius 2 is 1.84 bits per heavy atom. The third-order valence-corrected chi connectivity index (χ3v) is 6.33. The van der Waals surface area contributed by atoms with Crippen molar-refractivity contribution < 1.29 is 17.9 Å². The van der Waals surface area contributed by atoms with Crippen LogP contribution in [0.3, 0.4) is 0 Å². The first-order valence-electron chi connectivity index (χ1n) is 10.2. The topological polar surface area (TPSA) is 28.6 Å². The minimum absolute atomic E-state index is 0.466. The first kappa shape index (κ1) is 21.6. The molecule has 31 heavy (non-hydrogen) atoms. The molecule has 2 heterocycles. The summed E-state index contributed by atoms with van der Waals surface area (Å²) in [4.78, 5) is 9.07. The fraction of sp³-hybridized carbons (Fsp3) is 0.348. The molecule has 2 aromatic carbocycles. The van der Waals surface area contributed by atoms with Crippen LogP contribution in [0.1, 0.15) is 17.7 Å². The molecule has 0 aliphatic carbocycles. The van der Waals surface area contributed by atoms with Crippen LogP contribution in [0, 0.1) is 0 Å². The van der Waals surface area contributed by atoms with Gasteiger partial charge in [0.15, 0.2) is 0 Å². The Morgan fingerprint density at radius 1 is 1.03 bits per heavy atom. The summed E-state index contributed by atoms with van der Waals surface area (Å²) in [6, 6.07) is 13.8. The second-order valence-electron chi connectivity index (χ2n) is 7.51. The summed E-state index contributed by atoms with van der Waals surface area (Å²) < 4.78 is 45.0. The number of rotatable bonds is 5. The zero-order valence-electron chi connectivity index (χ0n) is 17.2. The van der Waals surface area contributed by atoms with Crippen molar-refractivity contribution in [2.24, 2.45) is 0 Å². The van der Waals surface area contributed by atoms with Crippen molar-refractivity contribution in [2.45, 2.75) is 19.1 Å². The largest absolute Gasteiger partial charge is 0.495 e. The molecule has 1 saturated heterocycles. The van der Waals surface area contributed by atoms with E-state index in [1.807, 2.05) is 23.1 Å². The van der Waals surface area contributed by atoms with Crippen molar-refractivity contribution in [2.75, 3.05) is 38.2 Å². The molecule has 0 amide bonds. The van der Waals surface area contributed by atoms with Crippen molar-refractivity contribution in [3.05, 3.63) is 65.2 Å². The van der Waals surface area contributed by atoms with E-state index in [-0.39, 0.29) is 0 Å². The number of aromatic nitrogens is 1. The Bertz CT molecular complexity index is 1010. The Morgan fingerprint density at radius 3 is 2.58 bits per heavy atom. The summed E-state index contributed by atoms with van der Waals surface area (Å²) >= 11 is 1.63. The van der Waals surface area contributed by atoms with Crippen molar-refractivity contribution in [3.63, 3.8) is 0 Å². The molecule has 1 aliphatic rings. The van der Waals surface area contributed by atoms with Gasteiger partial charge in [-0.2, -0.15) is 13.2 Å². The molecule has 0 saturated carbocycles. The van der Waals surface area contributed by atoms with Crippen LogP contribution in [0.15, 0.2) is 53.9 Å². The highest BCUT2D eigenvalue weighted by atomic mass is 32.1. The standard InChI is InChI=1S/C23H24F3N3OS/c1-30-21-9-8-18(23(24,25)26)14-20(21)29-11-5-10-28(12-13-29)15-19-16-31-22(27-19)17-6-3-2-4-7-17/h2-4,6-9,14,16H,5,10-13,15H2,1H3. The van der Waals surface area contributed by atoms with Gasteiger partial charge in [0.25, 0.3) is 0 Å². The molecule has 3 aromatic rings. The van der Waals surface area contributed by atoms with Crippen LogP contribution in [0.25, 0.3) is 10.6 Å². The number of alkyl halides is 3. The number of methoxy groups -OCH3 is 1. The Kier molecular flexibility index (Phi) is 6.48. The molecule has 1 fully saturated rings. The Labute approximate surface area is 183 Å². The second kappa shape index (κ2) is 9.28. The van der Waals surface area contributed by atoms with E-state index in [1.54, 1.807) is 11.3 Å². The van der Waals surface area contributed by atoms with E-state index in [0.717, 1.165) is 48.4 Å². The Balaban J connectivity index is 1.44. The molecule has 0 atom stereocenters. The van der Waals surface area contributed by atoms with Crippen LogP contribution in [-0.2, 0) is 12.7 Å². The van der Waals surface area contributed by atoms with Gasteiger partial charge in [-0.15, -0.1) is 11.3 Å². The minimum Gasteiger partial charge on any atom is -0.495 e. The second-order valence-corrected chi connectivity index (χ2v) is 8.37. The average Bonchev–Trinajstić information content (AvgIpc) is 3.11. The van der Waals surface area contributed by atoms with Crippen molar-refractivity contribution in [1.82, 2.24) is 9.88 Å². The van der Waals surface area contributed by atoms with E-state index in [0.29, 0.717) is 24.5 Å². The molecule has 0 radical (unpaired) electrons. The summed E-state index contributed by atoms with van der Waals surface area (Å²) in [6.45, 7) is 3.67. The first-order chi connectivity index (χ1) is 14.9. The molecule has 8 heteroatoms. The lowest BCUT2D eigenvalue weighted by Crippen LogP contribution is -2.31. The summed E-state index contributed by atoms with van der Waals surface area (Å²) in [5.74, 6) is 0.466. The lowest BCUT2D eigenvalue weighted by Gasteiger charge is -2.26. The van der Waals surface area contributed by atoms with E-state index < -0.39 is 11.7 Å². The van der Waals surface area contributed by atoms with Gasteiger partial charge in [-0.25, -0.2) is 4.98 Å². The molecular formula is C23H24F3N3OS. The number of hydrogen-bond acceptors (Lipinski definition) is 5. The van der Waals surface area contributed by atoms with Gasteiger partial charge in [-0.05, 0) is 24.6 Å². The summed E-state index contributed by atoms with van der Waals surface area (Å²) in [5.41, 5.74) is 1.98. The number of anilines is 1. The third kappa shape index (κ3) is 5.19. The number of hydrogen-bond donors (Lipinski definition) is 0. The van der Waals surface area contributed by atoms with Crippen LogP contribution in [0.4, 0.5) is 18.9 Å². The first-order valence-corrected chi connectivity index (χ1v) is 11.0. The highest BCUT2D eigenvalue weighted by molar-refractivity contribution is 7.13. The molecule has 164 valence electrons. The number of halogens is 3. The summed E-state index contributed by atoms with van der Waals surface area (Å²) in [6.07, 6.45) is -3.52. The number of thiazole rings is 1. The van der Waals surface area contributed by atoms with E-state index in [2.05, 4.69) is 22.4 Å². The maximum atomic E-state index is 13.2. The summed E-state index contributed by atoms with van der Waals surface area (Å²) in [7, 11) is 1.49. The predicted molar refractivity (Wildman–Crippen MR) is 118 cm³/mol. The lowest BCUT2D eigenvalue weighted by molar-refractivity contribution is -0.137. The van der Waals surface area contributed by atoms with Gasteiger partial charge >= 0.3 is 6.18 Å². The van der Waals surface area contributed by atoms with E-state index in [1.165, 1.54) is 19.2 Å². The quantitative estimate of drug-likeness (QED) is 0.513. The highest BCUT2D eigenvalue weighted by Crippen LogP contribution is 2.37. The predicted octanol–water partition coefficient (Wildman–Crippen LogP) is 5.55. The maximum absolute atomic E-state index is 13.2. The van der Waals surface area contributed by atoms with Gasteiger partial charge in [-0.3, -0.25) is 4.90 Å². The molecule has 0 spiro atoms. The molecule has 0 unspecified atom stereocenters. The van der Waals surface area contributed by atoms with Crippen molar-refractivity contribution in [3.8, 4) is 16.3 Å². The zero-order chi connectivity index (χ0) is 21.8. The fourth-order valence-electron chi connectivity index (χ4n) is 3.81. The molecule has 4 rings (SSSR count). The Hall–Kier alpha value is -2.58. The van der Waals surface area contributed by atoms with Gasteiger partial charge in [0.2, 0.25) is 0 Å². The van der Waals surface area contributed by atoms with Crippen LogP contribution >= 0.6 is 11.3 Å².